The Morgan fingerprint density at radius 2 is 1.14 bits per heavy atom. The number of rotatable bonds is 0. The zero-order chi connectivity index (χ0) is 4.50. The SMILES string of the molecule is O=S(=O)(O)O.[InH3].[RbH]. The van der Waals surface area contributed by atoms with Crippen LogP contribution in [0.2, 0.25) is 0 Å². The summed E-state index contributed by atoms with van der Waals surface area (Å²) in [5.41, 5.74) is 0. The summed E-state index contributed by atoms with van der Waals surface area (Å²) in [5.74, 6) is 0. The van der Waals surface area contributed by atoms with Gasteiger partial charge < -0.3 is 0 Å². The van der Waals surface area contributed by atoms with E-state index < -0.39 is 10.4 Å². The summed E-state index contributed by atoms with van der Waals surface area (Å²) in [5, 5.41) is 0. The van der Waals surface area contributed by atoms with Crippen molar-refractivity contribution < 1.29 is 17.5 Å². The molecule has 0 radical (unpaired) electrons. The molecule has 0 aliphatic rings. The number of hydrogen-bond acceptors (Lipinski definition) is 2. The summed E-state index contributed by atoms with van der Waals surface area (Å²) in [7, 11) is -4.67. The molecule has 0 aromatic carbocycles. The van der Waals surface area contributed by atoms with Gasteiger partial charge >= 0.3 is 94.4 Å². The van der Waals surface area contributed by atoms with Gasteiger partial charge in [-0.25, -0.2) is 0 Å². The maximum absolute atomic E-state index is 8.74. The van der Waals surface area contributed by atoms with Gasteiger partial charge in [0, 0.05) is 0 Å². The normalized spacial score (nSPS) is 8.29. The average molecular weight is 302 g/mol. The van der Waals surface area contributed by atoms with E-state index in [9.17, 15) is 0 Å². The fourth-order valence-electron chi connectivity index (χ4n) is 0. The van der Waals surface area contributed by atoms with Crippen LogP contribution >= 0.6 is 0 Å². The summed E-state index contributed by atoms with van der Waals surface area (Å²) >= 11 is 0. The van der Waals surface area contributed by atoms with Gasteiger partial charge in [-0.15, -0.1) is 0 Å². The first-order valence-corrected chi connectivity index (χ1v) is 2.10. The van der Waals surface area contributed by atoms with Crippen LogP contribution in [0.4, 0.5) is 0 Å². The molecule has 2 N–H and O–H groups in total. The van der Waals surface area contributed by atoms with Crippen LogP contribution in [0.5, 0.6) is 0 Å². The average Bonchev–Trinajstić information content (AvgIpc) is 0.722. The summed E-state index contributed by atoms with van der Waals surface area (Å²) in [4.78, 5) is 0. The van der Waals surface area contributed by atoms with Crippen LogP contribution in [0.3, 0.4) is 0 Å². The van der Waals surface area contributed by atoms with Gasteiger partial charge in [0.2, 0.25) is 0 Å². The Bertz CT molecular complexity index is 94.9. The van der Waals surface area contributed by atoms with Crippen molar-refractivity contribution >= 4 is 94.4 Å². The van der Waals surface area contributed by atoms with E-state index >= 15 is 0 Å². The van der Waals surface area contributed by atoms with Crippen molar-refractivity contribution in [1.29, 1.82) is 0 Å². The molecule has 7 heavy (non-hydrogen) atoms. The molecule has 0 aliphatic carbocycles. The van der Waals surface area contributed by atoms with Gasteiger partial charge in [0.15, 0.2) is 0 Å². The first kappa shape index (κ1) is 16.3. The second-order valence-electron chi connectivity index (χ2n) is 0.448. The van der Waals surface area contributed by atoms with Crippen LogP contribution in [-0.2, 0) is 10.4 Å². The van der Waals surface area contributed by atoms with Crippen molar-refractivity contribution in [2.24, 2.45) is 0 Å². The Labute approximate surface area is 109 Å². The van der Waals surface area contributed by atoms with Gasteiger partial charge in [-0.2, -0.15) is 8.42 Å². The number of hydrogen-bond donors (Lipinski definition) is 2. The predicted octanol–water partition coefficient (Wildman–Crippen LogP) is -2.49. The molecular formula is H6InO4RbS. The quantitative estimate of drug-likeness (QED) is 0.486. The zero-order valence-corrected chi connectivity index (χ0v) is 2.94. The Morgan fingerprint density at radius 1 is 1.14 bits per heavy atom. The molecule has 0 unspecified atom stereocenters. The van der Waals surface area contributed by atoms with Crippen molar-refractivity contribution in [1.82, 2.24) is 0 Å². The van der Waals surface area contributed by atoms with Crippen molar-refractivity contribution in [2.75, 3.05) is 0 Å². The van der Waals surface area contributed by atoms with Crippen LogP contribution in [0.15, 0.2) is 0 Å². The molecule has 0 aliphatic heterocycles. The monoisotopic (exact) mass is 302 g/mol. The third-order valence-electron chi connectivity index (χ3n) is 0. The minimum atomic E-state index is -4.67. The molecule has 0 aromatic rings. The second-order valence-corrected chi connectivity index (χ2v) is 1.34. The molecule has 0 heterocycles. The van der Waals surface area contributed by atoms with Gasteiger partial charge in [-0.05, 0) is 0 Å². The molecule has 40 valence electrons. The maximum atomic E-state index is 8.74. The standard InChI is InChI=1S/In.H2O4S.Rb.4H/c;1-5(2,3)4;;;;;/h;(H2,1,2,3,4);;;;;. The second kappa shape index (κ2) is 6.66. The Kier molecular flexibility index (Phi) is 15.5. The summed E-state index contributed by atoms with van der Waals surface area (Å²) in [6, 6.07) is 0. The van der Waals surface area contributed by atoms with Gasteiger partial charge in [0.05, 0.1) is 0 Å². The van der Waals surface area contributed by atoms with Crippen LogP contribution in [-0.4, -0.2) is 102 Å². The van der Waals surface area contributed by atoms with E-state index in [-0.39, 0.29) is 84.0 Å². The molecule has 0 bridgehead atoms. The van der Waals surface area contributed by atoms with E-state index in [2.05, 4.69) is 0 Å². The first-order chi connectivity index (χ1) is 2.00. The van der Waals surface area contributed by atoms with Crippen LogP contribution in [0.25, 0.3) is 0 Å². The van der Waals surface area contributed by atoms with E-state index in [1.54, 1.807) is 0 Å². The first-order valence-electron chi connectivity index (χ1n) is 0.698. The van der Waals surface area contributed by atoms with Crippen LogP contribution in [0.1, 0.15) is 0 Å². The van der Waals surface area contributed by atoms with Crippen LogP contribution < -0.4 is 0 Å². The Balaban J connectivity index is -0.0000000800. The molecule has 0 amide bonds. The minimum absolute atomic E-state index is 0. The predicted molar refractivity (Wildman–Crippen MR) is 31.3 cm³/mol. The molecule has 0 fully saturated rings. The van der Waals surface area contributed by atoms with Crippen molar-refractivity contribution in [3.8, 4) is 0 Å². The molecule has 7 heteroatoms. The van der Waals surface area contributed by atoms with Crippen molar-refractivity contribution in [3.63, 3.8) is 0 Å². The van der Waals surface area contributed by atoms with E-state index in [1.807, 2.05) is 0 Å². The van der Waals surface area contributed by atoms with E-state index in [1.165, 1.54) is 0 Å². The molecule has 0 saturated carbocycles. The molecule has 4 nitrogen and oxygen atoms in total. The molecule has 0 spiro atoms. The van der Waals surface area contributed by atoms with E-state index in [0.717, 1.165) is 0 Å². The molecule has 0 saturated heterocycles. The molecule has 0 aromatic heterocycles. The Hall–Kier alpha value is 2.55. The summed E-state index contributed by atoms with van der Waals surface area (Å²) in [6.45, 7) is 0. The zero-order valence-electron chi connectivity index (χ0n) is 2.12. The third kappa shape index (κ3) is 56.5. The summed E-state index contributed by atoms with van der Waals surface area (Å²) < 4.78 is 31.6. The van der Waals surface area contributed by atoms with E-state index in [4.69, 9.17) is 17.5 Å². The Morgan fingerprint density at radius 3 is 1.14 bits per heavy atom. The third-order valence-corrected chi connectivity index (χ3v) is 0. The fraction of sp³-hybridized carbons (Fsp3) is 0. The van der Waals surface area contributed by atoms with Crippen molar-refractivity contribution in [2.45, 2.75) is 0 Å². The van der Waals surface area contributed by atoms with Gasteiger partial charge in [0.25, 0.3) is 0 Å². The molecule has 0 atom stereocenters. The molecule has 0 rings (SSSR count). The fourth-order valence-corrected chi connectivity index (χ4v) is 0. The summed E-state index contributed by atoms with van der Waals surface area (Å²) in [6.07, 6.45) is 0. The topological polar surface area (TPSA) is 74.6 Å². The van der Waals surface area contributed by atoms with Crippen molar-refractivity contribution in [3.05, 3.63) is 0 Å². The van der Waals surface area contributed by atoms with Gasteiger partial charge in [-0.3, -0.25) is 9.11 Å². The van der Waals surface area contributed by atoms with Gasteiger partial charge in [-0.1, -0.05) is 0 Å². The van der Waals surface area contributed by atoms with Crippen LogP contribution in [0, 0.1) is 0 Å². The van der Waals surface area contributed by atoms with Gasteiger partial charge in [0.1, 0.15) is 0 Å². The van der Waals surface area contributed by atoms with E-state index in [0.29, 0.717) is 0 Å². The molecular weight excluding hydrogens is 296 g/mol.